The van der Waals surface area contributed by atoms with Gasteiger partial charge in [0.25, 0.3) is 0 Å². The van der Waals surface area contributed by atoms with E-state index in [9.17, 15) is 0 Å². The molecule has 0 fully saturated rings. The van der Waals surface area contributed by atoms with Crippen LogP contribution in [0.3, 0.4) is 0 Å². The zero-order valence-corrected chi connectivity index (χ0v) is 17.5. The summed E-state index contributed by atoms with van der Waals surface area (Å²) in [5.74, 6) is 0. The highest BCUT2D eigenvalue weighted by Crippen LogP contribution is 2.61. The van der Waals surface area contributed by atoms with Gasteiger partial charge in [-0.1, -0.05) is 18.6 Å². The molecule has 6 rings (SSSR count). The molecule has 2 atom stereocenters. The highest BCUT2D eigenvalue weighted by Gasteiger charge is 2.53. The molecule has 2 nitrogen and oxygen atoms in total. The molecule has 0 amide bonds. The fraction of sp³-hybridized carbons (Fsp3) is 0.542. The van der Waals surface area contributed by atoms with Crippen LogP contribution in [0.25, 0.3) is 5.57 Å². The average molecular weight is 377 g/mol. The molecule has 2 aliphatic heterocycles. The molecule has 0 aromatic carbocycles. The second-order valence-electron chi connectivity index (χ2n) is 9.29. The monoisotopic (exact) mass is 376 g/mol. The normalized spacial score (nSPS) is 31.3. The number of hydrogen-bond acceptors (Lipinski definition) is 3. The van der Waals surface area contributed by atoms with Crippen LogP contribution in [0.5, 0.6) is 0 Å². The number of allylic oxidation sites excluding steroid dienone is 3. The zero-order chi connectivity index (χ0) is 18.3. The van der Waals surface area contributed by atoms with Gasteiger partial charge in [0.15, 0.2) is 0 Å². The van der Waals surface area contributed by atoms with Gasteiger partial charge >= 0.3 is 0 Å². The molecule has 5 aliphatic rings. The van der Waals surface area contributed by atoms with E-state index in [1.807, 2.05) is 11.3 Å². The Morgan fingerprint density at radius 3 is 2.85 bits per heavy atom. The third kappa shape index (κ3) is 2.04. The maximum atomic E-state index is 4.96. The molecule has 3 heteroatoms. The molecule has 27 heavy (non-hydrogen) atoms. The van der Waals surface area contributed by atoms with E-state index in [2.05, 4.69) is 37.9 Å². The summed E-state index contributed by atoms with van der Waals surface area (Å²) in [6, 6.07) is 0.526. The van der Waals surface area contributed by atoms with Crippen LogP contribution < -0.4 is 0 Å². The number of likely N-dealkylation sites (N-methyl/N-ethyl adjacent to an activating group) is 1. The van der Waals surface area contributed by atoms with Crippen molar-refractivity contribution in [1.82, 2.24) is 4.90 Å². The van der Waals surface area contributed by atoms with Crippen molar-refractivity contribution in [3.63, 3.8) is 0 Å². The summed E-state index contributed by atoms with van der Waals surface area (Å²) in [6.45, 7) is 4.75. The van der Waals surface area contributed by atoms with Crippen LogP contribution >= 0.6 is 11.3 Å². The summed E-state index contributed by atoms with van der Waals surface area (Å²) in [7, 11) is 2.35. The summed E-state index contributed by atoms with van der Waals surface area (Å²) in [5.41, 5.74) is 11.6. The number of rotatable bonds is 0. The second-order valence-corrected chi connectivity index (χ2v) is 10.3. The lowest BCUT2D eigenvalue weighted by atomic mass is 9.63. The third-order valence-electron chi connectivity index (χ3n) is 7.85. The Balaban J connectivity index is 1.53. The van der Waals surface area contributed by atoms with Crippen molar-refractivity contribution in [2.75, 3.05) is 7.05 Å². The average Bonchev–Trinajstić information content (AvgIpc) is 3.15. The molecule has 3 heterocycles. The smallest absolute Gasteiger partial charge is 0.119 e. The van der Waals surface area contributed by atoms with Crippen LogP contribution in [0.1, 0.15) is 68.4 Å². The first-order valence-electron chi connectivity index (χ1n) is 10.6. The predicted molar refractivity (Wildman–Crippen MR) is 115 cm³/mol. The summed E-state index contributed by atoms with van der Waals surface area (Å²) in [6.07, 6.45) is 14.7. The van der Waals surface area contributed by atoms with Crippen molar-refractivity contribution in [2.24, 2.45) is 10.4 Å². The quantitative estimate of drug-likeness (QED) is 0.526. The van der Waals surface area contributed by atoms with Gasteiger partial charge in [-0.3, -0.25) is 0 Å². The van der Waals surface area contributed by atoms with Crippen molar-refractivity contribution in [3.05, 3.63) is 45.0 Å². The molecule has 0 spiro atoms. The second kappa shape index (κ2) is 5.47. The molecular formula is C24H28N2S. The number of aliphatic imine (C=N–C) groups is 1. The van der Waals surface area contributed by atoms with Gasteiger partial charge < -0.3 is 4.90 Å². The molecule has 1 aromatic heterocycles. The van der Waals surface area contributed by atoms with Gasteiger partial charge in [-0.05, 0) is 86.6 Å². The van der Waals surface area contributed by atoms with Gasteiger partial charge in [0.05, 0.1) is 6.04 Å². The van der Waals surface area contributed by atoms with Gasteiger partial charge in [0.2, 0.25) is 0 Å². The van der Waals surface area contributed by atoms with E-state index in [1.54, 1.807) is 32.7 Å². The summed E-state index contributed by atoms with van der Waals surface area (Å²) in [4.78, 5) is 9.19. The highest BCUT2D eigenvalue weighted by molar-refractivity contribution is 7.17. The first-order chi connectivity index (χ1) is 13.1. The third-order valence-corrected chi connectivity index (χ3v) is 9.05. The predicted octanol–water partition coefficient (Wildman–Crippen LogP) is 6.20. The lowest BCUT2D eigenvalue weighted by Crippen LogP contribution is -2.42. The number of nitrogens with zero attached hydrogens (tertiary/aromatic N) is 2. The molecule has 0 bridgehead atoms. The van der Waals surface area contributed by atoms with Crippen LogP contribution in [0.4, 0.5) is 5.00 Å². The van der Waals surface area contributed by atoms with Crippen molar-refractivity contribution >= 4 is 27.6 Å². The first-order valence-corrected chi connectivity index (χ1v) is 11.4. The van der Waals surface area contributed by atoms with E-state index in [0.29, 0.717) is 11.5 Å². The fourth-order valence-electron chi connectivity index (χ4n) is 6.50. The van der Waals surface area contributed by atoms with Crippen molar-refractivity contribution < 1.29 is 0 Å². The van der Waals surface area contributed by atoms with Crippen LogP contribution in [-0.4, -0.2) is 23.7 Å². The van der Waals surface area contributed by atoms with E-state index >= 15 is 0 Å². The van der Waals surface area contributed by atoms with E-state index in [1.165, 1.54) is 61.4 Å². The molecule has 1 unspecified atom stereocenters. The Morgan fingerprint density at radius 1 is 1.11 bits per heavy atom. The van der Waals surface area contributed by atoms with E-state index < -0.39 is 0 Å². The minimum atomic E-state index is 0.311. The number of thiophene rings is 1. The fourth-order valence-corrected chi connectivity index (χ4v) is 7.96. The van der Waals surface area contributed by atoms with Gasteiger partial charge in [-0.25, -0.2) is 4.99 Å². The van der Waals surface area contributed by atoms with Gasteiger partial charge in [0.1, 0.15) is 5.00 Å². The standard InChI is InChI=1S/C24H28N2S/c1-14-8-10-17-16-11-9-15-12-13-24(2)18-6-4-5-7-19(18)26(3)22(24)20(15)21(16)27-23(17)25-14/h5,7,22H,4,6,8-13H2,1-3H3/t22?,24-/m0/s1. The minimum Gasteiger partial charge on any atom is -0.367 e. The molecular weight excluding hydrogens is 348 g/mol. The zero-order valence-electron chi connectivity index (χ0n) is 16.7. The molecule has 140 valence electrons. The summed E-state index contributed by atoms with van der Waals surface area (Å²) >= 11 is 2.00. The highest BCUT2D eigenvalue weighted by atomic mass is 32.1. The van der Waals surface area contributed by atoms with Crippen molar-refractivity contribution in [3.8, 4) is 0 Å². The van der Waals surface area contributed by atoms with Gasteiger partial charge in [0, 0.05) is 28.7 Å². The van der Waals surface area contributed by atoms with Gasteiger partial charge in [-0.15, -0.1) is 11.3 Å². The molecule has 3 aliphatic carbocycles. The van der Waals surface area contributed by atoms with E-state index in [4.69, 9.17) is 4.99 Å². The Hall–Kier alpha value is -1.61. The van der Waals surface area contributed by atoms with Crippen LogP contribution in [0.15, 0.2) is 34.0 Å². The SMILES string of the molecule is CC1=Nc2sc3c(c2CC1)CCC1=C3C2N(C)C3=C(CCC=C3)[C@]2(C)CC1. The first kappa shape index (κ1) is 16.4. The summed E-state index contributed by atoms with van der Waals surface area (Å²) < 4.78 is 0. The van der Waals surface area contributed by atoms with Crippen molar-refractivity contribution in [1.29, 1.82) is 0 Å². The Bertz CT molecular complexity index is 986. The van der Waals surface area contributed by atoms with E-state index in [-0.39, 0.29) is 0 Å². The molecule has 0 saturated heterocycles. The Labute approximate surface area is 166 Å². The molecule has 1 aromatic rings. The van der Waals surface area contributed by atoms with Crippen molar-refractivity contribution in [2.45, 2.75) is 71.3 Å². The molecule has 0 radical (unpaired) electrons. The lowest BCUT2D eigenvalue weighted by Gasteiger charge is -2.45. The molecule has 0 N–H and O–H groups in total. The topological polar surface area (TPSA) is 15.6 Å². The minimum absolute atomic E-state index is 0.311. The maximum Gasteiger partial charge on any atom is 0.119 e. The molecule has 0 saturated carbocycles. The number of hydrogen-bond donors (Lipinski definition) is 0. The largest absolute Gasteiger partial charge is 0.367 e. The van der Waals surface area contributed by atoms with E-state index in [0.717, 1.165) is 6.42 Å². The lowest BCUT2D eigenvalue weighted by molar-refractivity contribution is 0.228. The van der Waals surface area contributed by atoms with Crippen LogP contribution in [-0.2, 0) is 12.8 Å². The number of fused-ring (bicyclic) bond motifs is 7. The maximum absolute atomic E-state index is 4.96. The Morgan fingerprint density at radius 2 is 1.96 bits per heavy atom. The van der Waals surface area contributed by atoms with Crippen LogP contribution in [0, 0.1) is 5.41 Å². The van der Waals surface area contributed by atoms with Crippen LogP contribution in [0.2, 0.25) is 0 Å². The summed E-state index contributed by atoms with van der Waals surface area (Å²) in [5, 5.41) is 1.32. The Kier molecular flexibility index (Phi) is 3.31. The van der Waals surface area contributed by atoms with Gasteiger partial charge in [-0.2, -0.15) is 0 Å².